The van der Waals surface area contributed by atoms with Crippen LogP contribution in [0.25, 0.3) is 0 Å². The van der Waals surface area contributed by atoms with Gasteiger partial charge >= 0.3 is 10.4 Å². The Morgan fingerprint density at radius 1 is 0.576 bits per heavy atom. The molecule has 1 N–H and O–H groups in total. The van der Waals surface area contributed by atoms with Gasteiger partial charge in [-0.1, -0.05) is 78.1 Å². The third-order valence-electron chi connectivity index (χ3n) is 5.61. The zero-order valence-electron chi connectivity index (χ0n) is 21.4. The Morgan fingerprint density at radius 3 is 1.52 bits per heavy atom. The summed E-state index contributed by atoms with van der Waals surface area (Å²) >= 11 is 0. The Labute approximate surface area is 204 Å². The summed E-state index contributed by atoms with van der Waals surface area (Å²) in [5, 5.41) is 0. The van der Waals surface area contributed by atoms with Gasteiger partial charge in [-0.2, -0.15) is 8.42 Å². The second kappa shape index (κ2) is 24.9. The average molecular weight is 497 g/mol. The molecule has 0 heterocycles. The van der Waals surface area contributed by atoms with Crippen LogP contribution >= 0.6 is 0 Å². The summed E-state index contributed by atoms with van der Waals surface area (Å²) in [6, 6.07) is 0. The first kappa shape index (κ1) is 32.8. The van der Waals surface area contributed by atoms with Gasteiger partial charge in [0.1, 0.15) is 0 Å². The summed E-state index contributed by atoms with van der Waals surface area (Å²) in [6.07, 6.45) is 18.2. The summed E-state index contributed by atoms with van der Waals surface area (Å²) < 4.78 is 50.4. The van der Waals surface area contributed by atoms with Gasteiger partial charge in [0.15, 0.2) is 0 Å². The lowest BCUT2D eigenvalue weighted by Gasteiger charge is -2.17. The van der Waals surface area contributed by atoms with Crippen molar-refractivity contribution in [1.82, 2.24) is 0 Å². The fraction of sp³-hybridized carbons (Fsp3) is 1.00. The lowest BCUT2D eigenvalue weighted by Crippen LogP contribution is -2.12. The first-order chi connectivity index (χ1) is 16.0. The fourth-order valence-corrected chi connectivity index (χ4v) is 4.02. The average Bonchev–Trinajstić information content (AvgIpc) is 2.77. The van der Waals surface area contributed by atoms with Gasteiger partial charge in [0.2, 0.25) is 0 Å². The van der Waals surface area contributed by atoms with Crippen LogP contribution in [-0.4, -0.2) is 59.2 Å². The summed E-state index contributed by atoms with van der Waals surface area (Å²) in [7, 11) is -4.34. The van der Waals surface area contributed by atoms with Crippen molar-refractivity contribution in [1.29, 1.82) is 0 Å². The van der Waals surface area contributed by atoms with Crippen LogP contribution in [0.15, 0.2) is 0 Å². The van der Waals surface area contributed by atoms with E-state index in [0.717, 1.165) is 26.1 Å². The molecule has 1 atom stereocenters. The second-order valence-corrected chi connectivity index (χ2v) is 9.97. The first-order valence-corrected chi connectivity index (χ1v) is 14.7. The van der Waals surface area contributed by atoms with E-state index in [1.165, 1.54) is 77.0 Å². The Morgan fingerprint density at radius 2 is 1.00 bits per heavy atom. The number of rotatable bonds is 27. The van der Waals surface area contributed by atoms with E-state index >= 15 is 0 Å². The molecule has 0 aromatic carbocycles. The molecule has 200 valence electrons. The summed E-state index contributed by atoms with van der Waals surface area (Å²) in [4.78, 5) is 0. The number of unbranched alkanes of at least 4 members (excludes halogenated alkanes) is 8. The van der Waals surface area contributed by atoms with Crippen molar-refractivity contribution in [3.8, 4) is 0 Å². The largest absolute Gasteiger partial charge is 0.397 e. The molecule has 0 amide bonds. The molecule has 0 aliphatic heterocycles. The molecule has 0 aliphatic carbocycles. The third kappa shape index (κ3) is 27.9. The SMILES string of the molecule is CCCCCCCCC(CCCCCC)COCCCOCCCOCCCOS(=O)(=O)O. The maximum Gasteiger partial charge on any atom is 0.397 e. The minimum Gasteiger partial charge on any atom is -0.381 e. The van der Waals surface area contributed by atoms with Gasteiger partial charge in [0.05, 0.1) is 6.61 Å². The van der Waals surface area contributed by atoms with Crippen molar-refractivity contribution >= 4 is 10.4 Å². The molecule has 0 saturated carbocycles. The van der Waals surface area contributed by atoms with Crippen molar-refractivity contribution in [3.63, 3.8) is 0 Å². The highest BCUT2D eigenvalue weighted by Gasteiger charge is 2.09. The van der Waals surface area contributed by atoms with Crippen molar-refractivity contribution in [2.24, 2.45) is 5.92 Å². The summed E-state index contributed by atoms with van der Waals surface area (Å²) in [6.45, 7) is 8.37. The first-order valence-electron chi connectivity index (χ1n) is 13.3. The van der Waals surface area contributed by atoms with Crippen LogP contribution in [0, 0.1) is 5.92 Å². The zero-order valence-corrected chi connectivity index (χ0v) is 22.3. The molecule has 0 spiro atoms. The van der Waals surface area contributed by atoms with E-state index < -0.39 is 10.4 Å². The maximum atomic E-state index is 10.4. The molecule has 33 heavy (non-hydrogen) atoms. The monoisotopic (exact) mass is 496 g/mol. The van der Waals surface area contributed by atoms with E-state index in [-0.39, 0.29) is 6.61 Å². The van der Waals surface area contributed by atoms with Gasteiger partial charge in [-0.05, 0) is 38.0 Å². The predicted molar refractivity (Wildman–Crippen MR) is 134 cm³/mol. The number of ether oxygens (including phenoxy) is 3. The minimum atomic E-state index is -4.34. The van der Waals surface area contributed by atoms with Gasteiger partial charge in [-0.15, -0.1) is 0 Å². The molecule has 0 bridgehead atoms. The molecule has 0 fully saturated rings. The van der Waals surface area contributed by atoms with Gasteiger partial charge in [0.25, 0.3) is 0 Å². The molecule has 0 rings (SSSR count). The van der Waals surface area contributed by atoms with Crippen molar-refractivity contribution in [3.05, 3.63) is 0 Å². The van der Waals surface area contributed by atoms with Crippen LogP contribution in [0.5, 0.6) is 0 Å². The van der Waals surface area contributed by atoms with Gasteiger partial charge in [0, 0.05) is 39.6 Å². The Hall–Kier alpha value is -0.250. The summed E-state index contributed by atoms with van der Waals surface area (Å²) in [5.74, 6) is 0.703. The van der Waals surface area contributed by atoms with Gasteiger partial charge in [-0.3, -0.25) is 4.55 Å². The highest BCUT2D eigenvalue weighted by Crippen LogP contribution is 2.19. The number of hydrogen-bond donors (Lipinski definition) is 1. The minimum absolute atomic E-state index is 0.0755. The molecule has 7 nitrogen and oxygen atoms in total. The molecule has 0 aromatic rings. The van der Waals surface area contributed by atoms with Crippen LogP contribution < -0.4 is 0 Å². The van der Waals surface area contributed by atoms with E-state index in [1.807, 2.05) is 0 Å². The van der Waals surface area contributed by atoms with Gasteiger partial charge in [-0.25, -0.2) is 4.18 Å². The smallest absolute Gasteiger partial charge is 0.381 e. The molecule has 0 radical (unpaired) electrons. The van der Waals surface area contributed by atoms with E-state index in [1.54, 1.807) is 0 Å². The molecule has 8 heteroatoms. The van der Waals surface area contributed by atoms with Crippen molar-refractivity contribution in [2.45, 2.75) is 110 Å². The molecule has 0 aromatic heterocycles. The Bertz CT molecular complexity index is 485. The molecule has 0 saturated heterocycles. The zero-order chi connectivity index (χ0) is 24.5. The van der Waals surface area contributed by atoms with E-state index in [9.17, 15) is 8.42 Å². The molecular formula is C25H52O7S. The quantitative estimate of drug-likeness (QED) is 0.104. The third-order valence-corrected chi connectivity index (χ3v) is 6.07. The topological polar surface area (TPSA) is 91.3 Å². The Kier molecular flexibility index (Phi) is 24.7. The van der Waals surface area contributed by atoms with Crippen LogP contribution in [0.1, 0.15) is 110 Å². The van der Waals surface area contributed by atoms with Crippen LogP contribution in [0.3, 0.4) is 0 Å². The lowest BCUT2D eigenvalue weighted by molar-refractivity contribution is 0.0503. The number of hydrogen-bond acceptors (Lipinski definition) is 6. The standard InChI is InChI=1S/C25H52O7S/c1-3-5-7-9-10-12-17-25(16-11-8-6-4-2)24-31-22-14-20-29-18-13-19-30-21-15-23-32-33(26,27)28/h25H,3-24H2,1-2H3,(H,26,27,28). The Balaban J connectivity index is 3.60. The maximum absolute atomic E-state index is 10.4. The highest BCUT2D eigenvalue weighted by atomic mass is 32.3. The summed E-state index contributed by atoms with van der Waals surface area (Å²) in [5.41, 5.74) is 0. The molecule has 0 aliphatic rings. The second-order valence-electron chi connectivity index (χ2n) is 8.88. The van der Waals surface area contributed by atoms with Crippen LogP contribution in [0.4, 0.5) is 0 Å². The van der Waals surface area contributed by atoms with E-state index in [0.29, 0.717) is 38.8 Å². The molecular weight excluding hydrogens is 444 g/mol. The van der Waals surface area contributed by atoms with Crippen LogP contribution in [0.2, 0.25) is 0 Å². The van der Waals surface area contributed by atoms with Crippen molar-refractivity contribution in [2.75, 3.05) is 46.2 Å². The highest BCUT2D eigenvalue weighted by molar-refractivity contribution is 7.80. The fourth-order valence-electron chi connectivity index (χ4n) is 3.69. The van der Waals surface area contributed by atoms with Crippen molar-refractivity contribution < 1.29 is 31.4 Å². The van der Waals surface area contributed by atoms with E-state index in [2.05, 4.69) is 18.0 Å². The molecule has 1 unspecified atom stereocenters. The lowest BCUT2D eigenvalue weighted by atomic mass is 9.95. The van der Waals surface area contributed by atoms with E-state index in [4.69, 9.17) is 18.8 Å². The van der Waals surface area contributed by atoms with Crippen LogP contribution in [-0.2, 0) is 28.8 Å². The predicted octanol–water partition coefficient (Wildman–Crippen LogP) is 6.36. The van der Waals surface area contributed by atoms with Gasteiger partial charge < -0.3 is 14.2 Å². The normalized spacial score (nSPS) is 12.9.